The Morgan fingerprint density at radius 2 is 2.25 bits per heavy atom. The normalized spacial score (nSPS) is 11.8. The highest BCUT2D eigenvalue weighted by atomic mass is 16.5. The van der Waals surface area contributed by atoms with Gasteiger partial charge in [0, 0.05) is 19.3 Å². The summed E-state index contributed by atoms with van der Waals surface area (Å²) in [6.07, 6.45) is 2.17. The summed E-state index contributed by atoms with van der Waals surface area (Å²) in [5.41, 5.74) is 0.719. The Labute approximate surface area is 95.0 Å². The third-order valence-electron chi connectivity index (χ3n) is 2.81. The average molecular weight is 226 g/mol. The van der Waals surface area contributed by atoms with Gasteiger partial charge >= 0.3 is 5.97 Å². The molecule has 1 aromatic rings. The van der Waals surface area contributed by atoms with Crippen LogP contribution in [0.2, 0.25) is 0 Å². The SMILES string of the molecule is COC(C)(C)CCn1ncc(C(=O)O)c1C. The Morgan fingerprint density at radius 3 is 2.69 bits per heavy atom. The van der Waals surface area contributed by atoms with Crippen molar-refractivity contribution < 1.29 is 14.6 Å². The fourth-order valence-electron chi connectivity index (χ4n) is 1.36. The van der Waals surface area contributed by atoms with E-state index in [9.17, 15) is 4.79 Å². The third kappa shape index (κ3) is 2.82. The second-order valence-electron chi connectivity index (χ2n) is 4.39. The molecular formula is C11H18N2O3. The van der Waals surface area contributed by atoms with E-state index in [-0.39, 0.29) is 11.2 Å². The van der Waals surface area contributed by atoms with Crippen LogP contribution in [0, 0.1) is 6.92 Å². The predicted octanol–water partition coefficient (Wildman–Crippen LogP) is 1.70. The summed E-state index contributed by atoms with van der Waals surface area (Å²) in [6, 6.07) is 0. The molecule has 0 amide bonds. The van der Waals surface area contributed by atoms with Gasteiger partial charge in [-0.3, -0.25) is 4.68 Å². The van der Waals surface area contributed by atoms with E-state index in [0.29, 0.717) is 12.2 Å². The van der Waals surface area contributed by atoms with Gasteiger partial charge in [-0.2, -0.15) is 5.10 Å². The van der Waals surface area contributed by atoms with Crippen LogP contribution < -0.4 is 0 Å². The summed E-state index contributed by atoms with van der Waals surface area (Å²) in [4.78, 5) is 10.8. The molecule has 0 aliphatic rings. The number of carboxylic acids is 1. The molecule has 90 valence electrons. The number of carbonyl (C=O) groups is 1. The Balaban J connectivity index is 2.72. The van der Waals surface area contributed by atoms with Crippen LogP contribution in [-0.4, -0.2) is 33.6 Å². The predicted molar refractivity (Wildman–Crippen MR) is 59.6 cm³/mol. The first-order chi connectivity index (χ1) is 7.37. The Bertz CT molecular complexity index is 383. The molecule has 1 aromatic heterocycles. The third-order valence-corrected chi connectivity index (χ3v) is 2.81. The summed E-state index contributed by atoms with van der Waals surface area (Å²) in [5.74, 6) is -0.935. The van der Waals surface area contributed by atoms with Gasteiger partial charge in [0.2, 0.25) is 0 Å². The van der Waals surface area contributed by atoms with Gasteiger partial charge in [-0.15, -0.1) is 0 Å². The van der Waals surface area contributed by atoms with Gasteiger partial charge in [0.15, 0.2) is 0 Å². The first kappa shape index (κ1) is 12.7. The molecule has 0 unspecified atom stereocenters. The van der Waals surface area contributed by atoms with Crippen molar-refractivity contribution in [3.8, 4) is 0 Å². The van der Waals surface area contributed by atoms with Gasteiger partial charge in [0.1, 0.15) is 5.56 Å². The van der Waals surface area contributed by atoms with Gasteiger partial charge < -0.3 is 9.84 Å². The van der Waals surface area contributed by atoms with E-state index < -0.39 is 5.97 Å². The number of aryl methyl sites for hydroxylation is 1. The minimum absolute atomic E-state index is 0.220. The van der Waals surface area contributed by atoms with Crippen molar-refractivity contribution in [2.24, 2.45) is 0 Å². The lowest BCUT2D eigenvalue weighted by Gasteiger charge is -2.22. The van der Waals surface area contributed by atoms with E-state index >= 15 is 0 Å². The van der Waals surface area contributed by atoms with Crippen molar-refractivity contribution in [3.05, 3.63) is 17.5 Å². The molecule has 0 atom stereocenters. The second-order valence-corrected chi connectivity index (χ2v) is 4.39. The number of hydrogen-bond acceptors (Lipinski definition) is 3. The van der Waals surface area contributed by atoms with E-state index in [2.05, 4.69) is 5.10 Å². The largest absolute Gasteiger partial charge is 0.478 e. The van der Waals surface area contributed by atoms with Crippen LogP contribution >= 0.6 is 0 Å². The molecular weight excluding hydrogens is 208 g/mol. The zero-order chi connectivity index (χ0) is 12.3. The molecule has 16 heavy (non-hydrogen) atoms. The highest BCUT2D eigenvalue weighted by Crippen LogP contribution is 2.15. The minimum Gasteiger partial charge on any atom is -0.478 e. The van der Waals surface area contributed by atoms with Crippen molar-refractivity contribution in [3.63, 3.8) is 0 Å². The Morgan fingerprint density at radius 1 is 1.62 bits per heavy atom. The van der Waals surface area contributed by atoms with E-state index in [0.717, 1.165) is 6.42 Å². The van der Waals surface area contributed by atoms with Crippen molar-refractivity contribution in [1.29, 1.82) is 0 Å². The number of nitrogens with zero attached hydrogens (tertiary/aromatic N) is 2. The molecule has 0 radical (unpaired) electrons. The molecule has 1 rings (SSSR count). The summed E-state index contributed by atoms with van der Waals surface area (Å²) < 4.78 is 6.99. The Hall–Kier alpha value is -1.36. The highest BCUT2D eigenvalue weighted by Gasteiger charge is 2.18. The average Bonchev–Trinajstić information content (AvgIpc) is 2.57. The molecule has 1 heterocycles. The van der Waals surface area contributed by atoms with E-state index in [1.54, 1.807) is 18.7 Å². The van der Waals surface area contributed by atoms with E-state index in [4.69, 9.17) is 9.84 Å². The van der Waals surface area contributed by atoms with Gasteiger partial charge in [-0.05, 0) is 27.2 Å². The van der Waals surface area contributed by atoms with Crippen molar-refractivity contribution >= 4 is 5.97 Å². The van der Waals surface area contributed by atoms with Gasteiger partial charge in [0.05, 0.1) is 11.8 Å². The summed E-state index contributed by atoms with van der Waals surface area (Å²) in [5, 5.41) is 12.9. The molecule has 5 nitrogen and oxygen atoms in total. The molecule has 0 spiro atoms. The van der Waals surface area contributed by atoms with Gasteiger partial charge in [-0.25, -0.2) is 4.79 Å². The summed E-state index contributed by atoms with van der Waals surface area (Å²) >= 11 is 0. The van der Waals surface area contributed by atoms with Crippen molar-refractivity contribution in [2.75, 3.05) is 7.11 Å². The fourth-order valence-corrected chi connectivity index (χ4v) is 1.36. The Kier molecular flexibility index (Phi) is 3.70. The smallest absolute Gasteiger partial charge is 0.339 e. The lowest BCUT2D eigenvalue weighted by Crippen LogP contribution is -2.25. The molecule has 0 saturated heterocycles. The quantitative estimate of drug-likeness (QED) is 0.830. The zero-order valence-electron chi connectivity index (χ0n) is 10.1. The van der Waals surface area contributed by atoms with Crippen LogP contribution in [0.15, 0.2) is 6.20 Å². The molecule has 1 N–H and O–H groups in total. The number of aromatic nitrogens is 2. The van der Waals surface area contributed by atoms with Gasteiger partial charge in [-0.1, -0.05) is 0 Å². The number of carboxylic acid groups (broad SMARTS) is 1. The maximum Gasteiger partial charge on any atom is 0.339 e. The van der Waals surface area contributed by atoms with Crippen LogP contribution in [0.5, 0.6) is 0 Å². The maximum atomic E-state index is 10.8. The van der Waals surface area contributed by atoms with Gasteiger partial charge in [0.25, 0.3) is 0 Å². The van der Waals surface area contributed by atoms with Crippen LogP contribution in [-0.2, 0) is 11.3 Å². The van der Waals surface area contributed by atoms with E-state index in [1.165, 1.54) is 6.20 Å². The standard InChI is InChI=1S/C11H18N2O3/c1-8-9(10(14)15)7-12-13(8)6-5-11(2,3)16-4/h7H,5-6H2,1-4H3,(H,14,15). The van der Waals surface area contributed by atoms with Crippen LogP contribution in [0.3, 0.4) is 0 Å². The first-order valence-electron chi connectivity index (χ1n) is 5.18. The topological polar surface area (TPSA) is 64.4 Å². The molecule has 0 aromatic carbocycles. The summed E-state index contributed by atoms with van der Waals surface area (Å²) in [7, 11) is 1.67. The maximum absolute atomic E-state index is 10.8. The number of ether oxygens (including phenoxy) is 1. The van der Waals surface area contributed by atoms with E-state index in [1.807, 2.05) is 13.8 Å². The van der Waals surface area contributed by atoms with Crippen molar-refractivity contribution in [2.45, 2.75) is 39.3 Å². The first-order valence-corrected chi connectivity index (χ1v) is 5.18. The molecule has 5 heteroatoms. The molecule has 0 fully saturated rings. The zero-order valence-corrected chi connectivity index (χ0v) is 10.1. The molecule has 0 bridgehead atoms. The highest BCUT2D eigenvalue weighted by molar-refractivity contribution is 5.88. The van der Waals surface area contributed by atoms with Crippen molar-refractivity contribution in [1.82, 2.24) is 9.78 Å². The molecule has 0 saturated carbocycles. The lowest BCUT2D eigenvalue weighted by atomic mass is 10.1. The number of rotatable bonds is 5. The molecule has 0 aliphatic heterocycles. The number of hydrogen-bond donors (Lipinski definition) is 1. The molecule has 0 aliphatic carbocycles. The number of methoxy groups -OCH3 is 1. The minimum atomic E-state index is -0.935. The van der Waals surface area contributed by atoms with Crippen LogP contribution in [0.4, 0.5) is 0 Å². The second kappa shape index (κ2) is 4.65. The van der Waals surface area contributed by atoms with Crippen LogP contribution in [0.25, 0.3) is 0 Å². The fraction of sp³-hybridized carbons (Fsp3) is 0.636. The van der Waals surface area contributed by atoms with Crippen LogP contribution in [0.1, 0.15) is 36.3 Å². The monoisotopic (exact) mass is 226 g/mol. The lowest BCUT2D eigenvalue weighted by molar-refractivity contribution is 0.0112. The number of aromatic carboxylic acids is 1. The summed E-state index contributed by atoms with van der Waals surface area (Å²) in [6.45, 7) is 6.39.